The van der Waals surface area contributed by atoms with Gasteiger partial charge >= 0.3 is 6.18 Å². The van der Waals surface area contributed by atoms with Crippen molar-refractivity contribution in [3.05, 3.63) is 0 Å². The zero-order valence-electron chi connectivity index (χ0n) is 10.8. The molecule has 1 aliphatic rings. The number of hydrogen-bond donors (Lipinski definition) is 1. The van der Waals surface area contributed by atoms with Gasteiger partial charge in [0.1, 0.15) is 0 Å². The average Bonchev–Trinajstić information content (AvgIpc) is 2.72. The quantitative estimate of drug-likeness (QED) is 0.687. The third-order valence-electron chi connectivity index (χ3n) is 2.87. The summed E-state index contributed by atoms with van der Waals surface area (Å²) in [7, 11) is 0. The van der Waals surface area contributed by atoms with Gasteiger partial charge in [-0.25, -0.2) is 0 Å². The summed E-state index contributed by atoms with van der Waals surface area (Å²) in [5, 5.41) is 3.21. The molecule has 2 atom stereocenters. The fraction of sp³-hybridized carbons (Fsp3) is 1.00. The summed E-state index contributed by atoms with van der Waals surface area (Å²) in [6, 6.07) is 0. The minimum Gasteiger partial charge on any atom is -0.379 e. The number of alkyl halides is 3. The monoisotopic (exact) mass is 269 g/mol. The van der Waals surface area contributed by atoms with E-state index in [1.165, 1.54) is 0 Å². The first kappa shape index (κ1) is 15.7. The zero-order valence-corrected chi connectivity index (χ0v) is 10.8. The number of ether oxygens (including phenoxy) is 2. The van der Waals surface area contributed by atoms with E-state index >= 15 is 0 Å². The lowest BCUT2D eigenvalue weighted by Crippen LogP contribution is -2.27. The Morgan fingerprint density at radius 2 is 2.00 bits per heavy atom. The van der Waals surface area contributed by atoms with Crippen molar-refractivity contribution < 1.29 is 22.6 Å². The second kappa shape index (κ2) is 7.96. The van der Waals surface area contributed by atoms with Crippen LogP contribution < -0.4 is 5.32 Å². The molecule has 2 unspecified atom stereocenters. The molecule has 1 fully saturated rings. The molecule has 0 amide bonds. The van der Waals surface area contributed by atoms with Crippen LogP contribution in [0.25, 0.3) is 0 Å². The third-order valence-corrected chi connectivity index (χ3v) is 2.87. The molecule has 0 bridgehead atoms. The van der Waals surface area contributed by atoms with Crippen molar-refractivity contribution >= 4 is 0 Å². The number of hydrogen-bond acceptors (Lipinski definition) is 3. The highest BCUT2D eigenvalue weighted by Crippen LogP contribution is 2.22. The highest BCUT2D eigenvalue weighted by molar-refractivity contribution is 4.74. The lowest BCUT2D eigenvalue weighted by Gasteiger charge is -2.14. The number of likely N-dealkylation sites (N-methyl/N-ethyl adjacent to an activating group) is 1. The van der Waals surface area contributed by atoms with E-state index in [-0.39, 0.29) is 25.2 Å². The fourth-order valence-corrected chi connectivity index (χ4v) is 1.95. The van der Waals surface area contributed by atoms with Gasteiger partial charge in [0, 0.05) is 19.6 Å². The van der Waals surface area contributed by atoms with E-state index in [0.29, 0.717) is 6.61 Å². The van der Waals surface area contributed by atoms with E-state index in [0.717, 1.165) is 25.9 Å². The summed E-state index contributed by atoms with van der Waals surface area (Å²) >= 11 is 0. The van der Waals surface area contributed by atoms with Crippen LogP contribution >= 0.6 is 0 Å². The molecule has 1 N–H and O–H groups in total. The molecule has 0 aromatic heterocycles. The molecule has 0 aliphatic carbocycles. The molecular weight excluding hydrogens is 247 g/mol. The van der Waals surface area contributed by atoms with Crippen LogP contribution in [0.3, 0.4) is 0 Å². The van der Waals surface area contributed by atoms with Gasteiger partial charge in [0.15, 0.2) is 0 Å². The van der Waals surface area contributed by atoms with Crippen LogP contribution in [0.1, 0.15) is 32.6 Å². The van der Waals surface area contributed by atoms with Gasteiger partial charge < -0.3 is 14.8 Å². The van der Waals surface area contributed by atoms with Gasteiger partial charge in [-0.2, -0.15) is 13.2 Å². The summed E-state index contributed by atoms with van der Waals surface area (Å²) in [6.07, 6.45) is -2.66. The minimum absolute atomic E-state index is 0.0248. The van der Waals surface area contributed by atoms with Crippen molar-refractivity contribution in [3.63, 3.8) is 0 Å². The summed E-state index contributed by atoms with van der Waals surface area (Å²) < 4.78 is 46.5. The third kappa shape index (κ3) is 7.18. The maximum Gasteiger partial charge on any atom is 0.389 e. The molecule has 0 aromatic rings. The lowest BCUT2D eigenvalue weighted by molar-refractivity contribution is -0.138. The Balaban J connectivity index is 1.97. The van der Waals surface area contributed by atoms with Crippen molar-refractivity contribution in [2.75, 3.05) is 26.3 Å². The number of halogens is 3. The maximum atomic E-state index is 11.9. The van der Waals surface area contributed by atoms with E-state index in [1.807, 2.05) is 6.92 Å². The maximum absolute atomic E-state index is 11.9. The van der Waals surface area contributed by atoms with E-state index < -0.39 is 12.6 Å². The van der Waals surface area contributed by atoms with Crippen LogP contribution in [0.5, 0.6) is 0 Å². The highest BCUT2D eigenvalue weighted by atomic mass is 19.4. The van der Waals surface area contributed by atoms with Gasteiger partial charge in [-0.1, -0.05) is 6.92 Å². The second-order valence-corrected chi connectivity index (χ2v) is 4.56. The first-order chi connectivity index (χ1) is 8.51. The SMILES string of the molecule is CCNCC1CCC(COCCCC(F)(F)F)O1. The topological polar surface area (TPSA) is 30.5 Å². The van der Waals surface area contributed by atoms with Gasteiger partial charge in [0.2, 0.25) is 0 Å². The van der Waals surface area contributed by atoms with Crippen LogP contribution in [-0.4, -0.2) is 44.7 Å². The average molecular weight is 269 g/mol. The van der Waals surface area contributed by atoms with Crippen LogP contribution in [0.2, 0.25) is 0 Å². The van der Waals surface area contributed by atoms with Crippen molar-refractivity contribution in [1.29, 1.82) is 0 Å². The van der Waals surface area contributed by atoms with E-state index in [4.69, 9.17) is 9.47 Å². The van der Waals surface area contributed by atoms with Crippen molar-refractivity contribution in [3.8, 4) is 0 Å². The summed E-state index contributed by atoms with van der Waals surface area (Å²) in [4.78, 5) is 0. The Morgan fingerprint density at radius 1 is 1.28 bits per heavy atom. The molecular formula is C12H22F3NO2. The first-order valence-corrected chi connectivity index (χ1v) is 6.52. The molecule has 3 nitrogen and oxygen atoms in total. The Bertz CT molecular complexity index is 224. The number of rotatable bonds is 8. The summed E-state index contributed by atoms with van der Waals surface area (Å²) in [6.45, 7) is 4.34. The first-order valence-electron chi connectivity index (χ1n) is 6.52. The van der Waals surface area contributed by atoms with E-state index in [2.05, 4.69) is 5.32 Å². The number of nitrogens with one attached hydrogen (secondary N) is 1. The molecule has 1 heterocycles. The van der Waals surface area contributed by atoms with Crippen LogP contribution in [0, 0.1) is 0 Å². The van der Waals surface area contributed by atoms with Gasteiger partial charge in [-0.05, 0) is 25.8 Å². The minimum atomic E-state index is -4.08. The van der Waals surface area contributed by atoms with Crippen LogP contribution in [0.15, 0.2) is 0 Å². The molecule has 0 radical (unpaired) electrons. The molecule has 1 saturated heterocycles. The van der Waals surface area contributed by atoms with Crippen molar-refractivity contribution in [2.24, 2.45) is 0 Å². The van der Waals surface area contributed by atoms with E-state index in [1.54, 1.807) is 0 Å². The predicted octanol–water partition coefficient (Wildman–Crippen LogP) is 2.50. The molecule has 1 aliphatic heterocycles. The zero-order chi connectivity index (χ0) is 13.4. The smallest absolute Gasteiger partial charge is 0.379 e. The predicted molar refractivity (Wildman–Crippen MR) is 62.5 cm³/mol. The summed E-state index contributed by atoms with van der Waals surface area (Å²) in [5.41, 5.74) is 0. The van der Waals surface area contributed by atoms with Crippen molar-refractivity contribution in [1.82, 2.24) is 5.32 Å². The Labute approximate surface area is 106 Å². The van der Waals surface area contributed by atoms with Crippen molar-refractivity contribution in [2.45, 2.75) is 51.0 Å². The molecule has 0 spiro atoms. The Kier molecular flexibility index (Phi) is 6.96. The lowest BCUT2D eigenvalue weighted by atomic mass is 10.2. The van der Waals surface area contributed by atoms with Gasteiger partial charge in [0.05, 0.1) is 18.8 Å². The molecule has 18 heavy (non-hydrogen) atoms. The fourth-order valence-electron chi connectivity index (χ4n) is 1.95. The van der Waals surface area contributed by atoms with Gasteiger partial charge in [-0.3, -0.25) is 0 Å². The molecule has 0 saturated carbocycles. The summed E-state index contributed by atoms with van der Waals surface area (Å²) in [5.74, 6) is 0. The van der Waals surface area contributed by atoms with Crippen LogP contribution in [-0.2, 0) is 9.47 Å². The molecule has 0 aromatic carbocycles. The van der Waals surface area contributed by atoms with E-state index in [9.17, 15) is 13.2 Å². The normalized spacial score (nSPS) is 24.7. The standard InChI is InChI=1S/C12H22F3NO2/c1-2-16-8-10-4-5-11(18-10)9-17-7-3-6-12(13,14)15/h10-11,16H,2-9H2,1H3. The molecule has 108 valence electrons. The Morgan fingerprint density at radius 3 is 2.67 bits per heavy atom. The van der Waals surface area contributed by atoms with Gasteiger partial charge in [-0.15, -0.1) is 0 Å². The van der Waals surface area contributed by atoms with Crippen LogP contribution in [0.4, 0.5) is 13.2 Å². The largest absolute Gasteiger partial charge is 0.389 e. The second-order valence-electron chi connectivity index (χ2n) is 4.56. The molecule has 6 heteroatoms. The molecule has 1 rings (SSSR count). The van der Waals surface area contributed by atoms with Gasteiger partial charge in [0.25, 0.3) is 0 Å². The Hall–Kier alpha value is -0.330. The highest BCUT2D eigenvalue weighted by Gasteiger charge is 2.27.